The number of aryl methyl sites for hydroxylation is 1. The minimum absolute atomic E-state index is 0.657. The Morgan fingerprint density at radius 1 is 1.12 bits per heavy atom. The van der Waals surface area contributed by atoms with Gasteiger partial charge in [-0.25, -0.2) is 0 Å². The minimum atomic E-state index is 0.657. The molecule has 0 fully saturated rings. The number of nitrogen functional groups attached to an aromatic ring is 1. The summed E-state index contributed by atoms with van der Waals surface area (Å²) in [6.07, 6.45) is 0. The zero-order chi connectivity index (χ0) is 16.7. The lowest BCUT2D eigenvalue weighted by atomic mass is 10.1. The van der Waals surface area contributed by atoms with Crippen LogP contribution < -0.4 is 10.5 Å². The topological polar surface area (TPSA) is 78.3 Å². The van der Waals surface area contributed by atoms with E-state index in [1.54, 1.807) is 11.6 Å². The Morgan fingerprint density at radius 3 is 2.75 bits per heavy atom. The van der Waals surface area contributed by atoms with E-state index in [0.29, 0.717) is 5.82 Å². The monoisotopic (exact) mass is 337 g/mol. The molecule has 0 amide bonds. The predicted molar refractivity (Wildman–Crippen MR) is 95.2 cm³/mol. The summed E-state index contributed by atoms with van der Waals surface area (Å²) in [4.78, 5) is 0.727. The quantitative estimate of drug-likeness (QED) is 0.580. The van der Waals surface area contributed by atoms with Crippen molar-refractivity contribution < 1.29 is 4.74 Å². The highest BCUT2D eigenvalue weighted by molar-refractivity contribution is 7.19. The van der Waals surface area contributed by atoms with E-state index in [-0.39, 0.29) is 0 Å². The van der Waals surface area contributed by atoms with Crippen molar-refractivity contribution in [2.75, 3.05) is 12.8 Å². The molecule has 6 nitrogen and oxygen atoms in total. The van der Waals surface area contributed by atoms with Crippen LogP contribution in [-0.2, 0) is 0 Å². The number of fused-ring (bicyclic) bond motifs is 1. The van der Waals surface area contributed by atoms with Gasteiger partial charge >= 0.3 is 0 Å². The minimum Gasteiger partial charge on any atom is -0.496 e. The van der Waals surface area contributed by atoms with Gasteiger partial charge in [0.25, 0.3) is 0 Å². The second-order valence-electron chi connectivity index (χ2n) is 5.40. The molecule has 0 aliphatic carbocycles. The van der Waals surface area contributed by atoms with E-state index < -0.39 is 0 Å². The zero-order valence-electron chi connectivity index (χ0n) is 13.2. The molecule has 2 N–H and O–H groups in total. The molecule has 0 radical (unpaired) electrons. The summed E-state index contributed by atoms with van der Waals surface area (Å²) < 4.78 is 7.16. The van der Waals surface area contributed by atoms with Crippen LogP contribution >= 0.6 is 11.3 Å². The molecule has 0 saturated heterocycles. The average molecular weight is 337 g/mol. The molecule has 0 aliphatic rings. The lowest BCUT2D eigenvalue weighted by molar-refractivity contribution is 0.416. The Hall–Kier alpha value is -2.93. The Morgan fingerprint density at radius 2 is 1.96 bits per heavy atom. The van der Waals surface area contributed by atoms with Crippen LogP contribution in [0.3, 0.4) is 0 Å². The summed E-state index contributed by atoms with van der Waals surface area (Å²) in [6.45, 7) is 1.98. The van der Waals surface area contributed by atoms with Gasteiger partial charge in [0.15, 0.2) is 5.82 Å². The van der Waals surface area contributed by atoms with Crippen molar-refractivity contribution in [3.63, 3.8) is 0 Å². The number of hydrogen-bond donors (Lipinski definition) is 1. The van der Waals surface area contributed by atoms with Gasteiger partial charge in [0.05, 0.1) is 12.7 Å². The Kier molecular flexibility index (Phi) is 3.42. The first kappa shape index (κ1) is 14.6. The van der Waals surface area contributed by atoms with Gasteiger partial charge in [-0.15, -0.1) is 10.2 Å². The molecule has 0 aliphatic heterocycles. The highest BCUT2D eigenvalue weighted by Gasteiger charge is 2.17. The third kappa shape index (κ3) is 2.30. The van der Waals surface area contributed by atoms with Gasteiger partial charge in [0, 0.05) is 11.3 Å². The van der Waals surface area contributed by atoms with Gasteiger partial charge in [0.1, 0.15) is 10.8 Å². The lowest BCUT2D eigenvalue weighted by Gasteiger charge is -2.05. The van der Waals surface area contributed by atoms with Crippen molar-refractivity contribution in [3.05, 3.63) is 48.0 Å². The number of ether oxygens (including phenoxy) is 1. The Bertz CT molecular complexity index is 1040. The number of para-hydroxylation sites is 1. The maximum Gasteiger partial charge on any atom is 0.235 e. The molecule has 0 atom stereocenters. The number of nitrogens with zero attached hydrogens (tertiary/aromatic N) is 4. The van der Waals surface area contributed by atoms with Crippen LogP contribution in [0.4, 0.5) is 5.69 Å². The van der Waals surface area contributed by atoms with Crippen molar-refractivity contribution >= 4 is 22.0 Å². The van der Waals surface area contributed by atoms with E-state index in [9.17, 15) is 0 Å². The number of rotatable bonds is 3. The number of benzene rings is 2. The van der Waals surface area contributed by atoms with Crippen LogP contribution in [0, 0.1) is 6.92 Å². The molecule has 120 valence electrons. The average Bonchev–Trinajstić information content (AvgIpc) is 3.18. The maximum atomic E-state index is 6.01. The second kappa shape index (κ2) is 5.61. The molecule has 2 aromatic carbocycles. The molecule has 24 heavy (non-hydrogen) atoms. The molecule has 0 spiro atoms. The molecule has 7 heteroatoms. The van der Waals surface area contributed by atoms with E-state index in [0.717, 1.165) is 38.1 Å². The number of aromatic nitrogens is 4. The molecule has 4 aromatic rings. The normalized spacial score (nSPS) is 11.1. The first-order valence-corrected chi connectivity index (χ1v) is 8.21. The SMILES string of the molecule is COc1ccccc1-c1nnc2sc(-c3ccc(C)c(N)c3)nn12. The van der Waals surface area contributed by atoms with Gasteiger partial charge in [0.2, 0.25) is 4.96 Å². The smallest absolute Gasteiger partial charge is 0.235 e. The van der Waals surface area contributed by atoms with Gasteiger partial charge in [-0.2, -0.15) is 9.61 Å². The molecule has 2 aromatic heterocycles. The zero-order valence-corrected chi connectivity index (χ0v) is 14.0. The first-order valence-electron chi connectivity index (χ1n) is 7.39. The standard InChI is InChI=1S/C17H15N5OS/c1-10-7-8-11(9-13(10)18)16-21-22-15(19-20-17(22)24-16)12-5-3-4-6-14(12)23-2/h3-9H,18H2,1-2H3. The molecular weight excluding hydrogens is 322 g/mol. The molecular formula is C17H15N5OS. The maximum absolute atomic E-state index is 6.01. The van der Waals surface area contributed by atoms with Gasteiger partial charge < -0.3 is 10.5 Å². The largest absolute Gasteiger partial charge is 0.496 e. The Labute approximate surface area is 142 Å². The molecule has 2 heterocycles. The van der Waals surface area contributed by atoms with E-state index in [1.165, 1.54) is 11.3 Å². The predicted octanol–water partition coefficient (Wildman–Crippen LogP) is 3.42. The van der Waals surface area contributed by atoms with Gasteiger partial charge in [-0.1, -0.05) is 35.6 Å². The van der Waals surface area contributed by atoms with Crippen molar-refractivity contribution in [3.8, 4) is 27.7 Å². The fraction of sp³-hybridized carbons (Fsp3) is 0.118. The third-order valence-corrected chi connectivity index (χ3v) is 4.81. The van der Waals surface area contributed by atoms with Crippen LogP contribution in [0.1, 0.15) is 5.56 Å². The Balaban J connectivity index is 1.86. The molecule has 0 saturated carbocycles. The van der Waals surface area contributed by atoms with E-state index in [4.69, 9.17) is 10.5 Å². The third-order valence-electron chi connectivity index (χ3n) is 3.86. The van der Waals surface area contributed by atoms with Gasteiger partial charge in [-0.3, -0.25) is 0 Å². The molecule has 0 unspecified atom stereocenters. The lowest BCUT2D eigenvalue weighted by Crippen LogP contribution is -1.94. The second-order valence-corrected chi connectivity index (χ2v) is 6.35. The first-order chi connectivity index (χ1) is 11.7. The van der Waals surface area contributed by atoms with Crippen LogP contribution in [0.25, 0.3) is 26.9 Å². The van der Waals surface area contributed by atoms with Crippen LogP contribution in [0.5, 0.6) is 5.75 Å². The summed E-state index contributed by atoms with van der Waals surface area (Å²) in [5.74, 6) is 1.39. The number of anilines is 1. The van der Waals surface area contributed by atoms with Crippen molar-refractivity contribution in [1.82, 2.24) is 19.8 Å². The number of nitrogens with two attached hydrogens (primary N) is 1. The van der Waals surface area contributed by atoms with Crippen LogP contribution in [-0.4, -0.2) is 26.9 Å². The van der Waals surface area contributed by atoms with Crippen molar-refractivity contribution in [2.24, 2.45) is 0 Å². The van der Waals surface area contributed by atoms with Crippen LogP contribution in [0.2, 0.25) is 0 Å². The van der Waals surface area contributed by atoms with Crippen LogP contribution in [0.15, 0.2) is 42.5 Å². The van der Waals surface area contributed by atoms with Crippen molar-refractivity contribution in [2.45, 2.75) is 6.92 Å². The summed E-state index contributed by atoms with van der Waals surface area (Å²) in [7, 11) is 1.64. The van der Waals surface area contributed by atoms with E-state index in [2.05, 4.69) is 15.3 Å². The van der Waals surface area contributed by atoms with Crippen molar-refractivity contribution in [1.29, 1.82) is 0 Å². The summed E-state index contributed by atoms with van der Waals surface area (Å²) in [6, 6.07) is 13.6. The van der Waals surface area contributed by atoms with Gasteiger partial charge in [-0.05, 0) is 30.7 Å². The molecule has 4 rings (SSSR count). The highest BCUT2D eigenvalue weighted by Crippen LogP contribution is 2.32. The number of methoxy groups -OCH3 is 1. The summed E-state index contributed by atoms with van der Waals surface area (Å²) in [5.41, 5.74) is 9.64. The molecule has 0 bridgehead atoms. The fourth-order valence-corrected chi connectivity index (χ4v) is 3.34. The fourth-order valence-electron chi connectivity index (χ4n) is 2.50. The summed E-state index contributed by atoms with van der Waals surface area (Å²) in [5, 5.41) is 14.0. The highest BCUT2D eigenvalue weighted by atomic mass is 32.1. The van der Waals surface area contributed by atoms with E-state index in [1.807, 2.05) is 49.4 Å². The summed E-state index contributed by atoms with van der Waals surface area (Å²) >= 11 is 1.48. The number of hydrogen-bond acceptors (Lipinski definition) is 6. The van der Waals surface area contributed by atoms with E-state index >= 15 is 0 Å².